The summed E-state index contributed by atoms with van der Waals surface area (Å²) in [5.41, 5.74) is 0. The lowest BCUT2D eigenvalue weighted by atomic mass is 10.3. The number of likely N-dealkylation sites (N-methyl/N-ethyl adjacent to an activating group) is 1. The summed E-state index contributed by atoms with van der Waals surface area (Å²) in [7, 11) is 1.73. The third kappa shape index (κ3) is 3.59. The van der Waals surface area contributed by atoms with Gasteiger partial charge in [0.25, 0.3) is 0 Å². The van der Waals surface area contributed by atoms with Gasteiger partial charge in [-0.15, -0.1) is 0 Å². The number of amides is 1. The Morgan fingerprint density at radius 2 is 2.17 bits per heavy atom. The van der Waals surface area contributed by atoms with E-state index in [-0.39, 0.29) is 17.7 Å². The van der Waals surface area contributed by atoms with Crippen LogP contribution in [-0.2, 0) is 11.3 Å². The molecule has 0 aliphatic carbocycles. The maximum absolute atomic E-state index is 11.7. The van der Waals surface area contributed by atoms with E-state index >= 15 is 0 Å². The molecule has 1 heterocycles. The van der Waals surface area contributed by atoms with E-state index in [2.05, 4.69) is 5.32 Å². The Kier molecular flexibility index (Phi) is 4.91. The van der Waals surface area contributed by atoms with Crippen molar-refractivity contribution in [3.63, 3.8) is 0 Å². The standard InChI is InChI=1S/C12H18N2O4/c1-4-14(3)11(15)8(2)13-7-9-5-6-10(18-9)12(16)17/h5-6,8,13H,4,7H2,1-3H3,(H,16,17). The highest BCUT2D eigenvalue weighted by molar-refractivity contribution is 5.84. The van der Waals surface area contributed by atoms with Crippen LogP contribution in [0.4, 0.5) is 0 Å². The number of nitrogens with one attached hydrogen (secondary N) is 1. The topological polar surface area (TPSA) is 82.8 Å². The minimum Gasteiger partial charge on any atom is -0.475 e. The van der Waals surface area contributed by atoms with Gasteiger partial charge in [0, 0.05) is 13.6 Å². The molecule has 0 aliphatic heterocycles. The molecule has 2 N–H and O–H groups in total. The third-order valence-electron chi connectivity index (χ3n) is 2.68. The zero-order valence-corrected chi connectivity index (χ0v) is 10.8. The largest absolute Gasteiger partial charge is 0.475 e. The molecule has 18 heavy (non-hydrogen) atoms. The van der Waals surface area contributed by atoms with Gasteiger partial charge < -0.3 is 14.4 Å². The van der Waals surface area contributed by atoms with E-state index < -0.39 is 5.97 Å². The molecule has 1 unspecified atom stereocenters. The molecule has 0 saturated carbocycles. The number of hydrogen-bond donors (Lipinski definition) is 2. The minimum atomic E-state index is -1.10. The van der Waals surface area contributed by atoms with Crippen molar-refractivity contribution in [2.24, 2.45) is 0 Å². The first kappa shape index (κ1) is 14.2. The first-order valence-corrected chi connectivity index (χ1v) is 5.76. The van der Waals surface area contributed by atoms with E-state index in [1.54, 1.807) is 24.9 Å². The molecule has 1 aromatic rings. The summed E-state index contributed by atoms with van der Waals surface area (Å²) < 4.78 is 5.08. The minimum absolute atomic E-state index is 0.0116. The molecule has 0 radical (unpaired) electrons. The van der Waals surface area contributed by atoms with Crippen molar-refractivity contribution in [2.45, 2.75) is 26.4 Å². The van der Waals surface area contributed by atoms with E-state index in [1.807, 2.05) is 6.92 Å². The summed E-state index contributed by atoms with van der Waals surface area (Å²) in [6, 6.07) is 2.63. The molecule has 1 rings (SSSR count). The average Bonchev–Trinajstić information content (AvgIpc) is 2.82. The predicted molar refractivity (Wildman–Crippen MR) is 65.3 cm³/mol. The molecule has 0 aliphatic rings. The summed E-state index contributed by atoms with van der Waals surface area (Å²) >= 11 is 0. The number of rotatable bonds is 6. The molecule has 0 bridgehead atoms. The summed E-state index contributed by atoms with van der Waals surface area (Å²) in [6.45, 7) is 4.62. The number of carbonyl (C=O) groups is 2. The molecule has 0 spiro atoms. The Morgan fingerprint density at radius 1 is 1.50 bits per heavy atom. The SMILES string of the molecule is CCN(C)C(=O)C(C)NCc1ccc(C(=O)O)o1. The van der Waals surface area contributed by atoms with Gasteiger partial charge in [-0.25, -0.2) is 4.79 Å². The second-order valence-electron chi connectivity index (χ2n) is 4.03. The number of aromatic carboxylic acids is 1. The van der Waals surface area contributed by atoms with E-state index in [1.165, 1.54) is 6.07 Å². The van der Waals surface area contributed by atoms with Crippen LogP contribution in [0.3, 0.4) is 0 Å². The van der Waals surface area contributed by atoms with Crippen LogP contribution in [0.2, 0.25) is 0 Å². The van der Waals surface area contributed by atoms with Gasteiger partial charge in [-0.3, -0.25) is 10.1 Å². The maximum Gasteiger partial charge on any atom is 0.371 e. The first-order valence-electron chi connectivity index (χ1n) is 5.76. The Morgan fingerprint density at radius 3 is 2.67 bits per heavy atom. The molecule has 0 aromatic carbocycles. The molecule has 1 amide bonds. The zero-order chi connectivity index (χ0) is 13.7. The van der Waals surface area contributed by atoms with E-state index in [4.69, 9.17) is 9.52 Å². The monoisotopic (exact) mass is 254 g/mol. The van der Waals surface area contributed by atoms with Crippen molar-refractivity contribution in [3.05, 3.63) is 23.7 Å². The van der Waals surface area contributed by atoms with E-state index in [0.717, 1.165) is 0 Å². The van der Waals surface area contributed by atoms with Crippen LogP contribution < -0.4 is 5.32 Å². The van der Waals surface area contributed by atoms with Crippen LogP contribution in [0.1, 0.15) is 30.2 Å². The molecule has 6 nitrogen and oxygen atoms in total. The number of carbonyl (C=O) groups excluding carboxylic acids is 1. The summed E-state index contributed by atoms with van der Waals surface area (Å²) in [4.78, 5) is 24.0. The molecule has 0 fully saturated rings. The van der Waals surface area contributed by atoms with Gasteiger partial charge in [0.05, 0.1) is 12.6 Å². The highest BCUT2D eigenvalue weighted by atomic mass is 16.4. The zero-order valence-electron chi connectivity index (χ0n) is 10.8. The summed E-state index contributed by atoms with van der Waals surface area (Å²) in [5.74, 6) is -0.721. The van der Waals surface area contributed by atoms with Crippen molar-refractivity contribution >= 4 is 11.9 Å². The molecular formula is C12H18N2O4. The van der Waals surface area contributed by atoms with Crippen LogP contribution >= 0.6 is 0 Å². The highest BCUT2D eigenvalue weighted by Gasteiger charge is 2.16. The lowest BCUT2D eigenvalue weighted by Crippen LogP contribution is -2.42. The highest BCUT2D eigenvalue weighted by Crippen LogP contribution is 2.07. The number of nitrogens with zero attached hydrogens (tertiary/aromatic N) is 1. The number of carboxylic acid groups (broad SMARTS) is 1. The van der Waals surface area contributed by atoms with Gasteiger partial charge in [-0.2, -0.15) is 0 Å². The van der Waals surface area contributed by atoms with Crippen molar-refractivity contribution in [2.75, 3.05) is 13.6 Å². The van der Waals surface area contributed by atoms with E-state index in [0.29, 0.717) is 18.8 Å². The van der Waals surface area contributed by atoms with Gasteiger partial charge in [0.2, 0.25) is 11.7 Å². The smallest absolute Gasteiger partial charge is 0.371 e. The van der Waals surface area contributed by atoms with E-state index in [9.17, 15) is 9.59 Å². The number of hydrogen-bond acceptors (Lipinski definition) is 4. The molecular weight excluding hydrogens is 236 g/mol. The van der Waals surface area contributed by atoms with Crippen LogP contribution in [-0.4, -0.2) is 41.5 Å². The maximum atomic E-state index is 11.7. The molecule has 1 atom stereocenters. The van der Waals surface area contributed by atoms with Gasteiger partial charge >= 0.3 is 5.97 Å². The first-order chi connectivity index (χ1) is 8.45. The lowest BCUT2D eigenvalue weighted by Gasteiger charge is -2.20. The Bertz CT molecular complexity index is 427. The molecule has 100 valence electrons. The fourth-order valence-corrected chi connectivity index (χ4v) is 1.42. The second-order valence-corrected chi connectivity index (χ2v) is 4.03. The van der Waals surface area contributed by atoms with Crippen molar-refractivity contribution in [1.29, 1.82) is 0 Å². The Labute approximate surface area is 106 Å². The lowest BCUT2D eigenvalue weighted by molar-refractivity contribution is -0.131. The molecule has 6 heteroatoms. The second kappa shape index (κ2) is 6.20. The fraction of sp³-hybridized carbons (Fsp3) is 0.500. The van der Waals surface area contributed by atoms with Crippen LogP contribution in [0, 0.1) is 0 Å². The summed E-state index contributed by atoms with van der Waals surface area (Å²) in [5, 5.41) is 11.7. The van der Waals surface area contributed by atoms with Gasteiger partial charge in [0.15, 0.2) is 0 Å². The predicted octanol–water partition coefficient (Wildman–Crippen LogP) is 0.934. The quantitative estimate of drug-likeness (QED) is 0.789. The van der Waals surface area contributed by atoms with Gasteiger partial charge in [-0.1, -0.05) is 0 Å². The molecule has 1 aromatic heterocycles. The van der Waals surface area contributed by atoms with Crippen LogP contribution in [0.25, 0.3) is 0 Å². The van der Waals surface area contributed by atoms with Gasteiger partial charge in [0.1, 0.15) is 5.76 Å². The van der Waals surface area contributed by atoms with Gasteiger partial charge in [-0.05, 0) is 26.0 Å². The van der Waals surface area contributed by atoms with Crippen molar-refractivity contribution in [3.8, 4) is 0 Å². The Hall–Kier alpha value is -1.82. The Balaban J connectivity index is 2.49. The number of carboxylic acids is 1. The van der Waals surface area contributed by atoms with Crippen molar-refractivity contribution in [1.82, 2.24) is 10.2 Å². The number of furan rings is 1. The van der Waals surface area contributed by atoms with Crippen LogP contribution in [0.15, 0.2) is 16.5 Å². The van der Waals surface area contributed by atoms with Crippen molar-refractivity contribution < 1.29 is 19.1 Å². The third-order valence-corrected chi connectivity index (χ3v) is 2.68. The fourth-order valence-electron chi connectivity index (χ4n) is 1.42. The normalized spacial score (nSPS) is 12.2. The summed E-state index contributed by atoms with van der Waals surface area (Å²) in [6.07, 6.45) is 0. The van der Waals surface area contributed by atoms with Crippen LogP contribution in [0.5, 0.6) is 0 Å². The average molecular weight is 254 g/mol. The molecule has 0 saturated heterocycles.